The van der Waals surface area contributed by atoms with E-state index in [-0.39, 0.29) is 24.3 Å². The highest BCUT2D eigenvalue weighted by Gasteiger charge is 2.45. The fourth-order valence-corrected chi connectivity index (χ4v) is 5.27. The zero-order valence-corrected chi connectivity index (χ0v) is 18.4. The normalized spacial score (nSPS) is 22.0. The van der Waals surface area contributed by atoms with Crippen molar-refractivity contribution in [3.8, 4) is 11.1 Å². The topological polar surface area (TPSA) is 84.0 Å². The molecule has 8 nitrogen and oxygen atoms in total. The number of hydrogen-bond acceptors (Lipinski definition) is 7. The highest BCUT2D eigenvalue weighted by atomic mass is 32.2. The monoisotopic (exact) mass is 456 g/mol. The molecule has 1 aromatic heterocycles. The van der Waals surface area contributed by atoms with Crippen molar-refractivity contribution >= 4 is 52.7 Å². The minimum atomic E-state index is -0.369. The second-order valence-electron chi connectivity index (χ2n) is 7.46. The van der Waals surface area contributed by atoms with E-state index in [1.165, 1.54) is 4.90 Å². The van der Waals surface area contributed by atoms with Gasteiger partial charge < -0.3 is 14.8 Å². The number of nitrogens with zero attached hydrogens (tertiary/aromatic N) is 3. The summed E-state index contributed by atoms with van der Waals surface area (Å²) in [7, 11) is 0. The Balaban J connectivity index is 1.37. The first-order valence-corrected chi connectivity index (χ1v) is 11.3. The molecule has 3 aliphatic rings. The third-order valence-electron chi connectivity index (χ3n) is 5.51. The molecule has 0 aliphatic carbocycles. The van der Waals surface area contributed by atoms with Gasteiger partial charge in [-0.3, -0.25) is 9.80 Å². The minimum Gasteiger partial charge on any atom is -0.447 e. The lowest BCUT2D eigenvalue weighted by Gasteiger charge is -2.31. The average molecular weight is 457 g/mol. The summed E-state index contributed by atoms with van der Waals surface area (Å²) in [5, 5.41) is 3.10. The molecule has 0 saturated carbocycles. The van der Waals surface area contributed by atoms with Crippen molar-refractivity contribution in [2.45, 2.75) is 24.0 Å². The Kier molecular flexibility index (Phi) is 5.19. The zero-order valence-electron chi connectivity index (χ0n) is 16.7. The first-order chi connectivity index (χ1) is 15.0. The molecule has 5 rings (SSSR count). The van der Waals surface area contributed by atoms with Crippen LogP contribution in [0.1, 0.15) is 6.92 Å². The number of anilines is 2. The maximum absolute atomic E-state index is 12.6. The summed E-state index contributed by atoms with van der Waals surface area (Å²) < 4.78 is 10.6. The third-order valence-corrected chi connectivity index (χ3v) is 6.80. The molecular formula is C21H20N4O4S2. The zero-order chi connectivity index (χ0) is 21.5. The number of thioether (sulfide) groups is 1. The second-order valence-corrected chi connectivity index (χ2v) is 9.14. The number of fused-ring (bicyclic) bond motifs is 3. The number of rotatable bonds is 4. The standard InChI is InChI=1S/C21H20N4O4S2/c1-12(30)22-10-17-16-11-31-18-8-13(2-4-15(18)25(16)21(27)29-17)14-3-5-19(23-9-14)24-6-7-28-20(24)26/h2-5,8-9,16-17H,6-7,10-11H2,1H3,(H,22,30)/t16-,17-/m0/s1. The molecule has 2 saturated heterocycles. The van der Waals surface area contributed by atoms with E-state index in [4.69, 9.17) is 21.7 Å². The van der Waals surface area contributed by atoms with E-state index in [1.807, 2.05) is 31.2 Å². The largest absolute Gasteiger partial charge is 0.447 e. The van der Waals surface area contributed by atoms with Crippen molar-refractivity contribution in [3.63, 3.8) is 0 Å². The summed E-state index contributed by atoms with van der Waals surface area (Å²) >= 11 is 6.79. The van der Waals surface area contributed by atoms with Gasteiger partial charge in [0.1, 0.15) is 18.5 Å². The Morgan fingerprint density at radius 3 is 2.81 bits per heavy atom. The second kappa shape index (κ2) is 8.01. The Morgan fingerprint density at radius 2 is 2.10 bits per heavy atom. The van der Waals surface area contributed by atoms with Gasteiger partial charge in [-0.1, -0.05) is 18.3 Å². The quantitative estimate of drug-likeness (QED) is 0.701. The number of carbonyl (C=O) groups is 2. The van der Waals surface area contributed by atoms with Crippen LogP contribution in [0, 0.1) is 0 Å². The van der Waals surface area contributed by atoms with Crippen molar-refractivity contribution < 1.29 is 19.1 Å². The van der Waals surface area contributed by atoms with Gasteiger partial charge in [-0.2, -0.15) is 0 Å². The Labute approximate surface area is 188 Å². The van der Waals surface area contributed by atoms with Crippen LogP contribution >= 0.6 is 24.0 Å². The summed E-state index contributed by atoms with van der Waals surface area (Å²) in [4.78, 5) is 33.7. The average Bonchev–Trinajstić information content (AvgIpc) is 3.35. The Morgan fingerprint density at radius 1 is 1.26 bits per heavy atom. The van der Waals surface area contributed by atoms with E-state index in [2.05, 4.69) is 16.4 Å². The molecule has 2 atom stereocenters. The summed E-state index contributed by atoms with van der Waals surface area (Å²) in [5.74, 6) is 1.33. The fourth-order valence-electron chi connectivity index (χ4n) is 3.95. The lowest BCUT2D eigenvalue weighted by Crippen LogP contribution is -2.45. The highest BCUT2D eigenvalue weighted by molar-refractivity contribution is 7.99. The van der Waals surface area contributed by atoms with E-state index in [0.717, 1.165) is 27.5 Å². The number of aromatic nitrogens is 1. The van der Waals surface area contributed by atoms with E-state index >= 15 is 0 Å². The first kappa shape index (κ1) is 20.1. The minimum absolute atomic E-state index is 0.0288. The number of hydrogen-bond donors (Lipinski definition) is 1. The molecule has 0 unspecified atom stereocenters. The van der Waals surface area contributed by atoms with Crippen molar-refractivity contribution in [3.05, 3.63) is 36.5 Å². The van der Waals surface area contributed by atoms with Crippen molar-refractivity contribution in [1.29, 1.82) is 0 Å². The van der Waals surface area contributed by atoms with Crippen LogP contribution in [0.4, 0.5) is 21.1 Å². The summed E-state index contributed by atoms with van der Waals surface area (Å²) in [6, 6.07) is 9.72. The van der Waals surface area contributed by atoms with Crippen LogP contribution in [0.2, 0.25) is 0 Å². The van der Waals surface area contributed by atoms with Gasteiger partial charge in [-0.05, 0) is 36.8 Å². The number of thiocarbonyl (C=S) groups is 1. The molecule has 31 heavy (non-hydrogen) atoms. The summed E-state index contributed by atoms with van der Waals surface area (Å²) in [5.41, 5.74) is 2.79. The molecule has 0 radical (unpaired) electrons. The van der Waals surface area contributed by atoms with E-state index < -0.39 is 0 Å². The number of carbonyl (C=O) groups excluding carboxylic acids is 2. The number of ether oxygens (including phenoxy) is 2. The van der Waals surface area contributed by atoms with Gasteiger partial charge in [0.25, 0.3) is 0 Å². The van der Waals surface area contributed by atoms with Crippen LogP contribution in [0.25, 0.3) is 11.1 Å². The van der Waals surface area contributed by atoms with E-state index in [1.54, 1.807) is 22.9 Å². The fraction of sp³-hybridized carbons (Fsp3) is 0.333. The van der Waals surface area contributed by atoms with Crippen LogP contribution in [0.15, 0.2) is 41.4 Å². The summed E-state index contributed by atoms with van der Waals surface area (Å²) in [6.07, 6.45) is 0.821. The SMILES string of the molecule is CC(=S)NC[C@@H]1OC(=O)N2c3ccc(-c4ccc(N5CCOC5=O)nc4)cc3SC[C@@H]12. The van der Waals surface area contributed by atoms with Gasteiger partial charge in [0.15, 0.2) is 0 Å². The third kappa shape index (κ3) is 3.70. The summed E-state index contributed by atoms with van der Waals surface area (Å²) in [6.45, 7) is 3.22. The van der Waals surface area contributed by atoms with Gasteiger partial charge in [0, 0.05) is 22.4 Å². The maximum atomic E-state index is 12.6. The molecule has 0 spiro atoms. The molecule has 4 heterocycles. The van der Waals surface area contributed by atoms with Crippen LogP contribution in [0.5, 0.6) is 0 Å². The molecule has 2 amide bonds. The van der Waals surface area contributed by atoms with Crippen LogP contribution in [-0.4, -0.2) is 59.8 Å². The van der Waals surface area contributed by atoms with Gasteiger partial charge in [-0.15, -0.1) is 11.8 Å². The smallest absolute Gasteiger partial charge is 0.415 e. The van der Waals surface area contributed by atoms with Gasteiger partial charge in [-0.25, -0.2) is 14.6 Å². The molecule has 1 N–H and O–H groups in total. The van der Waals surface area contributed by atoms with Gasteiger partial charge >= 0.3 is 12.2 Å². The lowest BCUT2D eigenvalue weighted by atomic mass is 10.1. The number of nitrogens with one attached hydrogen (secondary N) is 1. The van der Waals surface area contributed by atoms with Gasteiger partial charge in [0.2, 0.25) is 0 Å². The maximum Gasteiger partial charge on any atom is 0.415 e. The van der Waals surface area contributed by atoms with Crippen LogP contribution in [0.3, 0.4) is 0 Å². The predicted molar refractivity (Wildman–Crippen MR) is 122 cm³/mol. The van der Waals surface area contributed by atoms with Crippen molar-refractivity contribution in [2.24, 2.45) is 0 Å². The Bertz CT molecular complexity index is 1060. The molecule has 0 bridgehead atoms. The number of amides is 2. The molecule has 1 aromatic carbocycles. The first-order valence-electron chi connectivity index (χ1n) is 9.93. The molecule has 160 valence electrons. The molecule has 2 aromatic rings. The predicted octanol–water partition coefficient (Wildman–Crippen LogP) is 3.44. The van der Waals surface area contributed by atoms with Crippen LogP contribution < -0.4 is 15.1 Å². The molecular weight excluding hydrogens is 436 g/mol. The van der Waals surface area contributed by atoms with Gasteiger partial charge in [0.05, 0.1) is 29.8 Å². The van der Waals surface area contributed by atoms with E-state index in [9.17, 15) is 9.59 Å². The Hall–Kier alpha value is -2.85. The molecule has 3 aliphatic heterocycles. The van der Waals surface area contributed by atoms with Crippen molar-refractivity contribution in [1.82, 2.24) is 10.3 Å². The number of benzene rings is 1. The number of pyridine rings is 1. The lowest BCUT2D eigenvalue weighted by molar-refractivity contribution is 0.135. The van der Waals surface area contributed by atoms with E-state index in [0.29, 0.717) is 30.5 Å². The number of cyclic esters (lactones) is 2. The van der Waals surface area contributed by atoms with Crippen LogP contribution in [-0.2, 0) is 9.47 Å². The highest BCUT2D eigenvalue weighted by Crippen LogP contribution is 2.43. The molecule has 10 heteroatoms. The molecule has 2 fully saturated rings. The van der Waals surface area contributed by atoms with Crippen molar-refractivity contribution in [2.75, 3.05) is 35.2 Å².